The first-order valence-electron chi connectivity index (χ1n) is 9.59. The number of hydrogen-bond acceptors (Lipinski definition) is 10. The summed E-state index contributed by atoms with van der Waals surface area (Å²) >= 11 is 0. The minimum absolute atomic E-state index is 0.156. The second-order valence-electron chi connectivity index (χ2n) is 8.20. The van der Waals surface area contributed by atoms with Crippen molar-refractivity contribution < 1.29 is 48.0 Å². The second kappa shape index (κ2) is 10.8. The number of carbonyl (C=O) groups excluding carboxylic acids is 3. The van der Waals surface area contributed by atoms with E-state index in [0.29, 0.717) is 5.56 Å². The fraction of sp³-hybridized carbons (Fsp3) is 0.524. The van der Waals surface area contributed by atoms with Gasteiger partial charge in [0, 0.05) is 12.8 Å². The van der Waals surface area contributed by atoms with Crippen LogP contribution in [0.2, 0.25) is 0 Å². The summed E-state index contributed by atoms with van der Waals surface area (Å²) in [7, 11) is 2.18. The quantitative estimate of drug-likeness (QED) is 0.337. The van der Waals surface area contributed by atoms with E-state index < -0.39 is 41.3 Å². The van der Waals surface area contributed by atoms with Crippen LogP contribution >= 0.6 is 0 Å². The summed E-state index contributed by atoms with van der Waals surface area (Å²) in [6, 6.07) is 4.01. The Kier molecular flexibility index (Phi) is 9.01. The van der Waals surface area contributed by atoms with Crippen molar-refractivity contribution in [2.24, 2.45) is 11.1 Å². The Morgan fingerprint density at radius 3 is 2.00 bits per heavy atom. The number of carboxylic acids is 1. The average molecular weight is 455 g/mol. The first-order chi connectivity index (χ1) is 14.7. The molecule has 11 heteroatoms. The highest BCUT2D eigenvalue weighted by molar-refractivity contribution is 5.79. The molecule has 0 aliphatic heterocycles. The summed E-state index contributed by atoms with van der Waals surface area (Å²) in [6.07, 6.45) is -3.32. The Balaban J connectivity index is 3.15. The lowest BCUT2D eigenvalue weighted by atomic mass is 9.86. The first kappa shape index (κ1) is 26.7. The second-order valence-corrected chi connectivity index (χ2v) is 8.20. The van der Waals surface area contributed by atoms with Crippen molar-refractivity contribution in [3.8, 4) is 11.5 Å². The Labute approximate surface area is 185 Å². The number of carbonyl (C=O) groups is 4. The minimum Gasteiger partial charge on any atom is -0.480 e. The summed E-state index contributed by atoms with van der Waals surface area (Å²) in [5.41, 5.74) is 3.92. The third-order valence-corrected chi connectivity index (χ3v) is 4.25. The van der Waals surface area contributed by atoms with Gasteiger partial charge in [0.05, 0.1) is 19.6 Å². The maximum atomic E-state index is 12.1. The van der Waals surface area contributed by atoms with Gasteiger partial charge in [0.25, 0.3) is 0 Å². The Morgan fingerprint density at radius 2 is 1.53 bits per heavy atom. The van der Waals surface area contributed by atoms with Crippen molar-refractivity contribution in [2.75, 3.05) is 14.2 Å². The Hall–Kier alpha value is -3.34. The van der Waals surface area contributed by atoms with Crippen molar-refractivity contribution in [2.45, 2.75) is 52.2 Å². The van der Waals surface area contributed by atoms with Crippen LogP contribution in [0.15, 0.2) is 18.2 Å². The number of nitrogens with two attached hydrogens (primary N) is 1. The fourth-order valence-corrected chi connectivity index (χ4v) is 2.60. The molecule has 0 saturated heterocycles. The topological polar surface area (TPSA) is 161 Å². The van der Waals surface area contributed by atoms with E-state index in [0.717, 1.165) is 14.2 Å². The number of carboxylic acid groups (broad SMARTS) is 1. The molecule has 3 N–H and O–H groups in total. The molecule has 2 atom stereocenters. The summed E-state index contributed by atoms with van der Waals surface area (Å²) in [5, 5.41) is 9.74. The zero-order chi connectivity index (χ0) is 24.7. The van der Waals surface area contributed by atoms with Crippen LogP contribution < -0.4 is 15.2 Å². The van der Waals surface area contributed by atoms with Gasteiger partial charge >= 0.3 is 24.2 Å². The Bertz CT molecular complexity index is 861. The third kappa shape index (κ3) is 7.73. The molecule has 0 fully saturated rings. The molecule has 0 amide bonds. The van der Waals surface area contributed by atoms with Gasteiger partial charge in [0.2, 0.25) is 0 Å². The molecular formula is C21H29NO10. The molecule has 1 rings (SSSR count). The molecular weight excluding hydrogens is 426 g/mol. The molecule has 1 aromatic rings. The van der Waals surface area contributed by atoms with Gasteiger partial charge in [-0.05, 0) is 45.4 Å². The van der Waals surface area contributed by atoms with E-state index in [1.807, 2.05) is 0 Å². The first-order valence-corrected chi connectivity index (χ1v) is 9.59. The maximum Gasteiger partial charge on any atom is 0.513 e. The van der Waals surface area contributed by atoms with Crippen molar-refractivity contribution in [3.63, 3.8) is 0 Å². The standard InChI is InChI=1S/C21H29NO10/c1-12(30-17(25)20(2,3)4)10-21(22,16(23)24)11-13-7-8-14(31-18(26)28-5)15(9-13)32-19(27)29-6/h7-9,12H,10-11,22H2,1-6H3,(H,23,24)/t12-,21?/m0/s1. The van der Waals surface area contributed by atoms with Crippen molar-refractivity contribution in [1.29, 1.82) is 0 Å². The zero-order valence-electron chi connectivity index (χ0n) is 18.9. The predicted molar refractivity (Wildman–Crippen MR) is 110 cm³/mol. The van der Waals surface area contributed by atoms with Crippen molar-refractivity contribution in [1.82, 2.24) is 0 Å². The lowest BCUT2D eigenvalue weighted by molar-refractivity contribution is -0.160. The Morgan fingerprint density at radius 1 is 1.00 bits per heavy atom. The van der Waals surface area contributed by atoms with Gasteiger partial charge in [0.15, 0.2) is 11.5 Å². The van der Waals surface area contributed by atoms with Crippen LogP contribution in [0.25, 0.3) is 0 Å². The SMILES string of the molecule is COC(=O)Oc1ccc(CC(N)(C[C@H](C)OC(=O)C(C)(C)C)C(=O)O)cc1OC(=O)OC. The van der Waals surface area contributed by atoms with Gasteiger partial charge in [0.1, 0.15) is 11.6 Å². The lowest BCUT2D eigenvalue weighted by Crippen LogP contribution is -2.52. The third-order valence-electron chi connectivity index (χ3n) is 4.25. The molecule has 0 heterocycles. The summed E-state index contributed by atoms with van der Waals surface area (Å²) in [4.78, 5) is 47.0. The van der Waals surface area contributed by atoms with Gasteiger partial charge in [-0.1, -0.05) is 6.07 Å². The normalized spacial score (nSPS) is 13.8. The number of esters is 1. The number of methoxy groups -OCH3 is 2. The molecule has 1 unspecified atom stereocenters. The molecule has 0 aromatic heterocycles. The molecule has 11 nitrogen and oxygen atoms in total. The smallest absolute Gasteiger partial charge is 0.480 e. The number of ether oxygens (including phenoxy) is 5. The molecule has 178 valence electrons. The number of aliphatic carboxylic acids is 1. The molecule has 0 aliphatic carbocycles. The van der Waals surface area contributed by atoms with E-state index in [9.17, 15) is 24.3 Å². The summed E-state index contributed by atoms with van der Waals surface area (Å²) < 4.78 is 24.1. The van der Waals surface area contributed by atoms with Crippen LogP contribution in [-0.2, 0) is 30.2 Å². The molecule has 0 bridgehead atoms. The van der Waals surface area contributed by atoms with Gasteiger partial charge in [-0.25, -0.2) is 9.59 Å². The number of hydrogen-bond donors (Lipinski definition) is 2. The number of benzene rings is 1. The molecule has 32 heavy (non-hydrogen) atoms. The van der Waals surface area contributed by atoms with Gasteiger partial charge in [-0.15, -0.1) is 0 Å². The molecule has 0 saturated carbocycles. The van der Waals surface area contributed by atoms with Crippen LogP contribution in [0.1, 0.15) is 39.7 Å². The van der Waals surface area contributed by atoms with E-state index in [1.165, 1.54) is 18.2 Å². The zero-order valence-corrected chi connectivity index (χ0v) is 18.9. The predicted octanol–water partition coefficient (Wildman–Crippen LogP) is 2.67. The minimum atomic E-state index is -1.81. The highest BCUT2D eigenvalue weighted by Crippen LogP contribution is 2.31. The van der Waals surface area contributed by atoms with Crippen LogP contribution in [0.5, 0.6) is 11.5 Å². The van der Waals surface area contributed by atoms with Crippen LogP contribution in [-0.4, -0.2) is 55.2 Å². The molecule has 0 radical (unpaired) electrons. The van der Waals surface area contributed by atoms with Gasteiger partial charge in [-0.3, -0.25) is 9.59 Å². The van der Waals surface area contributed by atoms with E-state index >= 15 is 0 Å². The fourth-order valence-electron chi connectivity index (χ4n) is 2.60. The van der Waals surface area contributed by atoms with E-state index in [2.05, 4.69) is 9.47 Å². The van der Waals surface area contributed by atoms with E-state index in [1.54, 1.807) is 27.7 Å². The van der Waals surface area contributed by atoms with Crippen molar-refractivity contribution in [3.05, 3.63) is 23.8 Å². The monoisotopic (exact) mass is 455 g/mol. The molecule has 0 spiro atoms. The lowest BCUT2D eigenvalue weighted by Gasteiger charge is -2.29. The van der Waals surface area contributed by atoms with Gasteiger partial charge < -0.3 is 34.5 Å². The highest BCUT2D eigenvalue weighted by atomic mass is 16.7. The van der Waals surface area contributed by atoms with Gasteiger partial charge in [-0.2, -0.15) is 0 Å². The van der Waals surface area contributed by atoms with Crippen LogP contribution in [0.3, 0.4) is 0 Å². The van der Waals surface area contributed by atoms with Crippen molar-refractivity contribution >= 4 is 24.2 Å². The van der Waals surface area contributed by atoms with E-state index in [4.69, 9.17) is 19.9 Å². The van der Waals surface area contributed by atoms with E-state index in [-0.39, 0.29) is 24.3 Å². The summed E-state index contributed by atoms with van der Waals surface area (Å²) in [5.74, 6) is -2.17. The molecule has 0 aliphatic rings. The number of rotatable bonds is 8. The molecule has 1 aromatic carbocycles. The summed E-state index contributed by atoms with van der Waals surface area (Å²) in [6.45, 7) is 6.58. The largest absolute Gasteiger partial charge is 0.513 e. The van der Waals surface area contributed by atoms with Crippen LogP contribution in [0.4, 0.5) is 9.59 Å². The van der Waals surface area contributed by atoms with Crippen LogP contribution in [0, 0.1) is 5.41 Å². The average Bonchev–Trinajstić information content (AvgIpc) is 2.68. The highest BCUT2D eigenvalue weighted by Gasteiger charge is 2.38. The maximum absolute atomic E-state index is 12.1.